The molecular weight excluding hydrogens is 528 g/mol. The molecule has 1 amide bonds. The quantitative estimate of drug-likeness (QED) is 0.0747. The summed E-state index contributed by atoms with van der Waals surface area (Å²) in [6.45, 7) is 9.83. The summed E-state index contributed by atoms with van der Waals surface area (Å²) in [6, 6.07) is 13.4. The monoisotopic (exact) mass is 560 g/mol. The Labute approximate surface area is 237 Å². The third kappa shape index (κ3) is 5.84. The van der Waals surface area contributed by atoms with Gasteiger partial charge in [-0.25, -0.2) is 9.78 Å². The number of aryl methyl sites for hydroxylation is 2. The maximum atomic E-state index is 13.5. The summed E-state index contributed by atoms with van der Waals surface area (Å²) in [6.07, 6.45) is 4.12. The van der Waals surface area contributed by atoms with Crippen LogP contribution in [0.3, 0.4) is 0 Å². The molecule has 1 unspecified atom stereocenters. The number of aliphatic hydroxyl groups is 1. The zero-order chi connectivity index (χ0) is 28.8. The van der Waals surface area contributed by atoms with Crippen molar-refractivity contribution >= 4 is 39.9 Å². The molecule has 1 aliphatic heterocycles. The number of ether oxygens (including phenoxy) is 2. The predicted octanol–water partition coefficient (Wildman–Crippen LogP) is 6.16. The average molecular weight is 561 g/mol. The molecule has 2 heterocycles. The maximum absolute atomic E-state index is 13.5. The van der Waals surface area contributed by atoms with Crippen molar-refractivity contribution in [1.29, 1.82) is 0 Å². The highest BCUT2D eigenvalue weighted by atomic mass is 32.1. The number of aromatic nitrogens is 1. The van der Waals surface area contributed by atoms with Crippen molar-refractivity contribution in [1.82, 2.24) is 4.98 Å². The summed E-state index contributed by atoms with van der Waals surface area (Å²) in [4.78, 5) is 45.5. The number of hydrogen-bond acceptors (Lipinski definition) is 8. The first kappa shape index (κ1) is 28.8. The number of amides is 1. The van der Waals surface area contributed by atoms with E-state index in [0.29, 0.717) is 29.2 Å². The number of thiazole rings is 1. The number of carbonyl (C=O) groups excluding carboxylic acids is 3. The highest BCUT2D eigenvalue weighted by molar-refractivity contribution is 7.17. The van der Waals surface area contributed by atoms with Crippen LogP contribution in [0.4, 0.5) is 5.13 Å². The number of rotatable bonds is 11. The second kappa shape index (κ2) is 12.7. The van der Waals surface area contributed by atoms with Crippen LogP contribution in [0.25, 0.3) is 5.76 Å². The summed E-state index contributed by atoms with van der Waals surface area (Å²) in [5.41, 5.74) is 2.36. The molecule has 0 aliphatic carbocycles. The van der Waals surface area contributed by atoms with Crippen LogP contribution < -0.4 is 9.64 Å². The Morgan fingerprint density at radius 3 is 2.60 bits per heavy atom. The van der Waals surface area contributed by atoms with Crippen molar-refractivity contribution in [3.63, 3.8) is 0 Å². The van der Waals surface area contributed by atoms with E-state index in [9.17, 15) is 19.5 Å². The number of nitrogens with zero attached hydrogens (tertiary/aromatic N) is 2. The number of unbranched alkanes of at least 4 members (excludes halogenated alkanes) is 1. The van der Waals surface area contributed by atoms with Crippen molar-refractivity contribution in [3.8, 4) is 5.75 Å². The largest absolute Gasteiger partial charge is 0.507 e. The number of benzene rings is 2. The molecule has 0 radical (unpaired) electrons. The highest BCUT2D eigenvalue weighted by Gasteiger charge is 2.48. The fourth-order valence-corrected chi connectivity index (χ4v) is 5.37. The zero-order valence-electron chi connectivity index (χ0n) is 22.8. The van der Waals surface area contributed by atoms with E-state index in [1.807, 2.05) is 31.2 Å². The first-order chi connectivity index (χ1) is 19.3. The Kier molecular flexibility index (Phi) is 9.16. The summed E-state index contributed by atoms with van der Waals surface area (Å²) < 4.78 is 11.0. The number of anilines is 1. The zero-order valence-corrected chi connectivity index (χ0v) is 23.6. The van der Waals surface area contributed by atoms with Gasteiger partial charge < -0.3 is 14.6 Å². The second-order valence-corrected chi connectivity index (χ2v) is 10.3. The van der Waals surface area contributed by atoms with Crippen LogP contribution in [0.2, 0.25) is 0 Å². The molecule has 0 bridgehead atoms. The normalized spacial score (nSPS) is 16.3. The Bertz CT molecular complexity index is 1460. The minimum absolute atomic E-state index is 0.0288. The van der Waals surface area contributed by atoms with Gasteiger partial charge in [0, 0.05) is 5.56 Å². The molecule has 4 rings (SSSR count). The molecule has 208 valence electrons. The molecule has 1 N–H and O–H groups in total. The molecule has 1 fully saturated rings. The lowest BCUT2D eigenvalue weighted by atomic mass is 9.94. The van der Waals surface area contributed by atoms with E-state index < -0.39 is 23.7 Å². The molecule has 1 aromatic heterocycles. The van der Waals surface area contributed by atoms with Gasteiger partial charge in [0.05, 0.1) is 23.9 Å². The van der Waals surface area contributed by atoms with Crippen molar-refractivity contribution in [2.24, 2.45) is 0 Å². The number of hydrogen-bond donors (Lipinski definition) is 1. The minimum Gasteiger partial charge on any atom is -0.507 e. The summed E-state index contributed by atoms with van der Waals surface area (Å²) in [5, 5.41) is 11.6. The number of aliphatic hydroxyl groups excluding tert-OH is 1. The van der Waals surface area contributed by atoms with Gasteiger partial charge in [-0.1, -0.05) is 80.7 Å². The fourth-order valence-electron chi connectivity index (χ4n) is 4.38. The van der Waals surface area contributed by atoms with Crippen LogP contribution >= 0.6 is 11.3 Å². The number of Topliss-reactive ketones (excluding diaryl/α,β-unsaturated/α-hetero) is 1. The smallest absolute Gasteiger partial charge is 0.350 e. The Morgan fingerprint density at radius 1 is 1.18 bits per heavy atom. The van der Waals surface area contributed by atoms with Gasteiger partial charge in [-0.2, -0.15) is 0 Å². The van der Waals surface area contributed by atoms with Crippen LogP contribution in [0.15, 0.2) is 66.8 Å². The number of esters is 1. The lowest BCUT2D eigenvalue weighted by Gasteiger charge is -2.23. The molecule has 1 saturated heterocycles. The lowest BCUT2D eigenvalue weighted by molar-refractivity contribution is -0.132. The van der Waals surface area contributed by atoms with Crippen molar-refractivity contribution in [3.05, 3.63) is 94.0 Å². The molecule has 40 heavy (non-hydrogen) atoms. The molecule has 3 aromatic rings. The minimum atomic E-state index is -0.960. The third-order valence-electron chi connectivity index (χ3n) is 6.53. The summed E-state index contributed by atoms with van der Waals surface area (Å²) in [7, 11) is 0. The van der Waals surface area contributed by atoms with E-state index >= 15 is 0 Å². The van der Waals surface area contributed by atoms with Crippen molar-refractivity contribution in [2.45, 2.75) is 46.1 Å². The number of ketones is 1. The Hall–Kier alpha value is -4.24. The predicted molar refractivity (Wildman–Crippen MR) is 155 cm³/mol. The van der Waals surface area contributed by atoms with E-state index in [4.69, 9.17) is 9.47 Å². The molecule has 8 nitrogen and oxygen atoms in total. The highest BCUT2D eigenvalue weighted by Crippen LogP contribution is 2.44. The van der Waals surface area contributed by atoms with Gasteiger partial charge in [-0.05, 0) is 43.0 Å². The van der Waals surface area contributed by atoms with Crippen LogP contribution in [0.5, 0.6) is 5.75 Å². The van der Waals surface area contributed by atoms with Crippen LogP contribution in [0.1, 0.15) is 64.8 Å². The first-order valence-corrected chi connectivity index (χ1v) is 14.0. The molecule has 0 saturated carbocycles. The van der Waals surface area contributed by atoms with Gasteiger partial charge in [0.2, 0.25) is 0 Å². The summed E-state index contributed by atoms with van der Waals surface area (Å²) in [5.74, 6) is -2.05. The molecule has 1 aliphatic rings. The third-order valence-corrected chi connectivity index (χ3v) is 7.67. The summed E-state index contributed by atoms with van der Waals surface area (Å²) >= 11 is 0.959. The van der Waals surface area contributed by atoms with Gasteiger partial charge in [-0.15, -0.1) is 0 Å². The number of carbonyl (C=O) groups is 3. The van der Waals surface area contributed by atoms with E-state index in [1.165, 1.54) is 11.0 Å². The van der Waals surface area contributed by atoms with Gasteiger partial charge in [-0.3, -0.25) is 14.5 Å². The topological polar surface area (TPSA) is 106 Å². The van der Waals surface area contributed by atoms with Gasteiger partial charge in [0.15, 0.2) is 5.13 Å². The Morgan fingerprint density at radius 2 is 1.93 bits per heavy atom. The SMILES string of the molecule is C=CCOC(=O)c1sc(N2C(=O)C(=O)C(=C(O)c3cccc(OCCCC)c3)C2c2ccc(CC)cc2)nc1C. The lowest BCUT2D eigenvalue weighted by Crippen LogP contribution is -2.29. The molecule has 1 atom stereocenters. The second-order valence-electron chi connectivity index (χ2n) is 9.29. The molecule has 0 spiro atoms. The first-order valence-electron chi connectivity index (χ1n) is 13.2. The van der Waals surface area contributed by atoms with Gasteiger partial charge in [0.25, 0.3) is 5.78 Å². The van der Waals surface area contributed by atoms with Crippen molar-refractivity contribution < 1.29 is 29.0 Å². The van der Waals surface area contributed by atoms with E-state index in [0.717, 1.165) is 36.2 Å². The fraction of sp³-hybridized carbons (Fsp3) is 0.290. The van der Waals surface area contributed by atoms with E-state index in [2.05, 4.69) is 18.5 Å². The van der Waals surface area contributed by atoms with Gasteiger partial charge in [0.1, 0.15) is 23.0 Å². The molecule has 9 heteroatoms. The van der Waals surface area contributed by atoms with Crippen LogP contribution in [-0.4, -0.2) is 41.0 Å². The van der Waals surface area contributed by atoms with E-state index in [-0.39, 0.29) is 27.9 Å². The van der Waals surface area contributed by atoms with Crippen molar-refractivity contribution in [2.75, 3.05) is 18.1 Å². The molecule has 2 aromatic carbocycles. The van der Waals surface area contributed by atoms with Crippen LogP contribution in [0, 0.1) is 6.92 Å². The van der Waals surface area contributed by atoms with Crippen LogP contribution in [-0.2, 0) is 20.7 Å². The maximum Gasteiger partial charge on any atom is 0.350 e. The van der Waals surface area contributed by atoms with E-state index in [1.54, 1.807) is 31.2 Å². The standard InChI is InChI=1S/C31H32N2O6S/c1-5-8-17-38-23-11-9-10-22(18-23)26(34)24-25(21-14-12-20(7-3)13-15-21)33(29(36)27(24)35)31-32-19(4)28(40-31)30(37)39-16-6-2/h6,9-15,18,25,34H,2,5,7-8,16-17H2,1,3-4H3. The average Bonchev–Trinajstić information content (AvgIpc) is 3.48. The molecular formula is C31H32N2O6S. The van der Waals surface area contributed by atoms with Gasteiger partial charge >= 0.3 is 11.9 Å². The Balaban J connectivity index is 1.83.